The fraction of sp³-hybridized carbons (Fsp3) is 0.941. The lowest BCUT2D eigenvalue weighted by atomic mass is 9.54. The topological polar surface area (TPSA) is 46.5 Å². The van der Waals surface area contributed by atoms with E-state index in [0.717, 1.165) is 12.8 Å². The summed E-state index contributed by atoms with van der Waals surface area (Å²) in [6.07, 6.45) is 2.16. The summed E-state index contributed by atoms with van der Waals surface area (Å²) in [5, 5.41) is 11.8. The van der Waals surface area contributed by atoms with Crippen molar-refractivity contribution in [2.45, 2.75) is 86.5 Å². The highest BCUT2D eigenvalue weighted by Crippen LogP contribution is 2.64. The summed E-state index contributed by atoms with van der Waals surface area (Å²) >= 11 is 14.1. The van der Waals surface area contributed by atoms with E-state index in [1.54, 1.807) is 0 Å². The van der Waals surface area contributed by atoms with E-state index in [4.69, 9.17) is 16.3 Å². The van der Waals surface area contributed by atoms with Crippen LogP contribution in [0.4, 0.5) is 0 Å². The number of aliphatic hydroxyl groups is 1. The number of hydrogen-bond acceptors (Lipinski definition) is 3. The lowest BCUT2D eigenvalue weighted by Gasteiger charge is -2.58. The van der Waals surface area contributed by atoms with Gasteiger partial charge in [0.25, 0.3) is 0 Å². The van der Waals surface area contributed by atoms with E-state index in [1.807, 2.05) is 6.92 Å². The summed E-state index contributed by atoms with van der Waals surface area (Å²) < 4.78 is 5.59. The maximum atomic E-state index is 11.8. The van der Waals surface area contributed by atoms with Gasteiger partial charge in [-0.15, -0.1) is 11.6 Å². The standard InChI is InChI=1S/C17H27Br2ClO3/c1-10(21)23-13-9-15(4,20)12(19)8-17(13,22)16(5)7-6-11(18)14(16,2)3/h11-13,22H,6-9H2,1-5H3. The molecule has 23 heavy (non-hydrogen) atoms. The third-order valence-corrected chi connectivity index (χ3v) is 10.2. The van der Waals surface area contributed by atoms with Crippen molar-refractivity contribution in [1.82, 2.24) is 0 Å². The van der Waals surface area contributed by atoms with Gasteiger partial charge in [0.15, 0.2) is 0 Å². The van der Waals surface area contributed by atoms with Gasteiger partial charge in [0.05, 0.1) is 4.87 Å². The molecular weight excluding hydrogens is 447 g/mol. The first-order chi connectivity index (χ1) is 10.3. The summed E-state index contributed by atoms with van der Waals surface area (Å²) in [6, 6.07) is 0. The Hall–Kier alpha value is 0.680. The molecule has 0 saturated heterocycles. The number of rotatable bonds is 2. The minimum atomic E-state index is -1.12. The van der Waals surface area contributed by atoms with Gasteiger partial charge in [-0.3, -0.25) is 4.79 Å². The summed E-state index contributed by atoms with van der Waals surface area (Å²) in [5.41, 5.74) is -1.63. The largest absolute Gasteiger partial charge is 0.459 e. The molecule has 2 aliphatic rings. The maximum absolute atomic E-state index is 11.8. The van der Waals surface area contributed by atoms with Gasteiger partial charge in [-0.1, -0.05) is 52.6 Å². The molecule has 0 aromatic heterocycles. The van der Waals surface area contributed by atoms with Crippen LogP contribution in [0, 0.1) is 10.8 Å². The van der Waals surface area contributed by atoms with Crippen LogP contribution in [0.3, 0.4) is 0 Å². The average Bonchev–Trinajstić information content (AvgIpc) is 2.60. The molecule has 0 aliphatic heterocycles. The third kappa shape index (κ3) is 3.02. The molecule has 6 unspecified atom stereocenters. The number of hydrogen-bond donors (Lipinski definition) is 1. The van der Waals surface area contributed by atoms with Crippen LogP contribution in [-0.4, -0.2) is 37.3 Å². The van der Waals surface area contributed by atoms with Gasteiger partial charge >= 0.3 is 5.97 Å². The number of carbonyl (C=O) groups excluding carboxylic acids is 1. The van der Waals surface area contributed by atoms with E-state index in [9.17, 15) is 9.90 Å². The highest BCUT2D eigenvalue weighted by atomic mass is 79.9. The van der Waals surface area contributed by atoms with E-state index in [0.29, 0.717) is 17.7 Å². The zero-order valence-corrected chi connectivity index (χ0v) is 18.4. The number of halogens is 3. The van der Waals surface area contributed by atoms with Gasteiger partial charge in [0.2, 0.25) is 0 Å². The first-order valence-electron chi connectivity index (χ1n) is 8.14. The van der Waals surface area contributed by atoms with Crippen LogP contribution in [0.1, 0.15) is 60.3 Å². The van der Waals surface area contributed by atoms with Crippen LogP contribution >= 0.6 is 43.5 Å². The van der Waals surface area contributed by atoms with Crippen LogP contribution in [-0.2, 0) is 9.53 Å². The highest BCUT2D eigenvalue weighted by Gasteiger charge is 2.67. The van der Waals surface area contributed by atoms with Crippen molar-refractivity contribution >= 4 is 49.4 Å². The van der Waals surface area contributed by atoms with Crippen molar-refractivity contribution in [3.05, 3.63) is 0 Å². The zero-order valence-electron chi connectivity index (χ0n) is 14.5. The van der Waals surface area contributed by atoms with Crippen LogP contribution in [0.2, 0.25) is 0 Å². The molecular formula is C17H27Br2ClO3. The molecule has 0 amide bonds. The third-order valence-electron chi connectivity index (χ3n) is 6.63. The molecule has 2 saturated carbocycles. The van der Waals surface area contributed by atoms with Crippen LogP contribution in [0.25, 0.3) is 0 Å². The quantitative estimate of drug-likeness (QED) is 0.462. The van der Waals surface area contributed by atoms with E-state index in [-0.39, 0.29) is 21.6 Å². The molecule has 0 spiro atoms. The van der Waals surface area contributed by atoms with Crippen molar-refractivity contribution in [3.8, 4) is 0 Å². The Bertz CT molecular complexity index is 496. The smallest absolute Gasteiger partial charge is 0.303 e. The molecule has 0 radical (unpaired) electrons. The molecule has 0 bridgehead atoms. The molecule has 0 heterocycles. The number of carbonyl (C=O) groups is 1. The molecule has 0 aromatic rings. The molecule has 2 aliphatic carbocycles. The number of ether oxygens (including phenoxy) is 1. The van der Waals surface area contributed by atoms with Crippen molar-refractivity contribution in [1.29, 1.82) is 0 Å². The molecule has 6 atom stereocenters. The van der Waals surface area contributed by atoms with Crippen LogP contribution in [0.15, 0.2) is 0 Å². The lowest BCUT2D eigenvalue weighted by Crippen LogP contribution is -2.66. The number of esters is 1. The summed E-state index contributed by atoms with van der Waals surface area (Å²) in [6.45, 7) is 9.81. The SMILES string of the molecule is CC(=O)OC1CC(C)(Cl)C(Br)CC1(O)C1(C)CCC(Br)C1(C)C. The minimum Gasteiger partial charge on any atom is -0.459 e. The van der Waals surface area contributed by atoms with Gasteiger partial charge in [0.1, 0.15) is 11.7 Å². The molecule has 0 aromatic carbocycles. The Morgan fingerprint density at radius 2 is 1.74 bits per heavy atom. The van der Waals surface area contributed by atoms with Gasteiger partial charge in [0, 0.05) is 28.4 Å². The Morgan fingerprint density at radius 3 is 2.17 bits per heavy atom. The highest BCUT2D eigenvalue weighted by molar-refractivity contribution is 9.09. The predicted molar refractivity (Wildman–Crippen MR) is 101 cm³/mol. The van der Waals surface area contributed by atoms with Crippen molar-refractivity contribution in [2.75, 3.05) is 0 Å². The van der Waals surface area contributed by atoms with Crippen molar-refractivity contribution in [3.63, 3.8) is 0 Å². The summed E-state index contributed by atoms with van der Waals surface area (Å²) in [4.78, 5) is 11.4. The number of alkyl halides is 3. The average molecular weight is 475 g/mol. The van der Waals surface area contributed by atoms with Crippen molar-refractivity contribution in [2.24, 2.45) is 10.8 Å². The maximum Gasteiger partial charge on any atom is 0.303 e. The summed E-state index contributed by atoms with van der Waals surface area (Å²) in [7, 11) is 0. The second-order valence-corrected chi connectivity index (χ2v) is 11.3. The van der Waals surface area contributed by atoms with E-state index in [1.165, 1.54) is 6.92 Å². The van der Waals surface area contributed by atoms with Crippen LogP contribution in [0.5, 0.6) is 0 Å². The first kappa shape index (κ1) is 20.0. The first-order valence-corrected chi connectivity index (χ1v) is 10.4. The predicted octanol–water partition coefficient (Wildman–Crippen LogP) is 4.79. The van der Waals surface area contributed by atoms with E-state index in [2.05, 4.69) is 52.6 Å². The molecule has 134 valence electrons. The Labute approximate surface area is 161 Å². The molecule has 3 nitrogen and oxygen atoms in total. The Kier molecular flexibility index (Phi) is 5.34. The Balaban J connectivity index is 2.48. The van der Waals surface area contributed by atoms with Gasteiger partial charge in [-0.05, 0) is 31.6 Å². The van der Waals surface area contributed by atoms with Crippen molar-refractivity contribution < 1.29 is 14.6 Å². The summed E-state index contributed by atoms with van der Waals surface area (Å²) in [5.74, 6) is -0.372. The second kappa shape index (κ2) is 6.14. The van der Waals surface area contributed by atoms with E-state index < -0.39 is 16.6 Å². The minimum absolute atomic E-state index is 0.0459. The molecule has 1 N–H and O–H groups in total. The van der Waals surface area contributed by atoms with Gasteiger partial charge in [-0.25, -0.2) is 0 Å². The zero-order chi connectivity index (χ0) is 17.8. The Morgan fingerprint density at radius 1 is 1.17 bits per heavy atom. The fourth-order valence-electron chi connectivity index (χ4n) is 4.42. The van der Waals surface area contributed by atoms with Gasteiger partial charge < -0.3 is 9.84 Å². The second-order valence-electron chi connectivity index (χ2n) is 8.24. The fourth-order valence-corrected chi connectivity index (χ4v) is 6.05. The lowest BCUT2D eigenvalue weighted by molar-refractivity contribution is -0.216. The molecule has 2 rings (SSSR count). The monoisotopic (exact) mass is 472 g/mol. The molecule has 2 fully saturated rings. The van der Waals surface area contributed by atoms with Crippen LogP contribution < -0.4 is 0 Å². The normalized spacial score (nSPS) is 49.9. The van der Waals surface area contributed by atoms with E-state index >= 15 is 0 Å². The molecule has 6 heteroatoms. The van der Waals surface area contributed by atoms with Gasteiger partial charge in [-0.2, -0.15) is 0 Å².